The van der Waals surface area contributed by atoms with Crippen molar-refractivity contribution >= 4 is 53.3 Å². The molecule has 0 aromatic heterocycles. The van der Waals surface area contributed by atoms with Gasteiger partial charge in [-0.05, 0) is 0 Å². The molecule has 0 heterocycles. The van der Waals surface area contributed by atoms with Gasteiger partial charge in [0.05, 0.1) is 0 Å². The maximum atomic E-state index is 13.8. The Hall–Kier alpha value is -2.47. The number of carboxylic acids is 1. The van der Waals surface area contributed by atoms with Gasteiger partial charge in [0.1, 0.15) is 0 Å². The molecule has 0 aliphatic carbocycles. The normalized spacial score (nSPS) is 11.2. The molecule has 0 fully saturated rings. The van der Waals surface area contributed by atoms with Crippen LogP contribution in [0, 0.1) is 0 Å². The van der Waals surface area contributed by atoms with Gasteiger partial charge >= 0.3 is 216 Å². The van der Waals surface area contributed by atoms with Crippen LogP contribution >= 0.6 is 22.8 Å². The van der Waals surface area contributed by atoms with Gasteiger partial charge in [0.25, 0.3) is 0 Å². The molecule has 4 rings (SSSR count). The van der Waals surface area contributed by atoms with Gasteiger partial charge in [-0.25, -0.2) is 4.79 Å². The topological polar surface area (TPSA) is 54.4 Å². The summed E-state index contributed by atoms with van der Waals surface area (Å²) in [5.74, 6) is -2.58. The van der Waals surface area contributed by atoms with E-state index in [9.17, 15) is 18.0 Å². The number of carbonyl (C=O) groups excluding carboxylic acids is 1. The Kier molecular flexibility index (Phi) is 10.1. The first kappa shape index (κ1) is 29.1. The number of hydrogen-bond donors (Lipinski definition) is 1. The zero-order chi connectivity index (χ0) is 27.1. The van der Waals surface area contributed by atoms with Crippen LogP contribution in [0.15, 0.2) is 120 Å². The first-order valence-corrected chi connectivity index (χ1v) is 16.3. The van der Waals surface area contributed by atoms with Gasteiger partial charge in [-0.1, -0.05) is 0 Å². The predicted octanol–water partition coefficient (Wildman–Crippen LogP) is 5.94. The van der Waals surface area contributed by atoms with E-state index in [2.05, 4.69) is 88.7 Å². The molecule has 0 amide bonds. The third-order valence-corrected chi connectivity index (χ3v) is 17.0. The number of alkyl halides is 3. The van der Waals surface area contributed by atoms with E-state index in [-0.39, 0.29) is 31.9 Å². The Bertz CT molecular complexity index is 1310. The zero-order valence-electron chi connectivity index (χ0n) is 19.4. The molecule has 185 valence electrons. The number of carbonyl (C=O) groups is 2. The first-order valence-electron chi connectivity index (χ1n) is 10.9. The molecule has 0 saturated heterocycles. The van der Waals surface area contributed by atoms with Crippen molar-refractivity contribution in [3.8, 4) is 0 Å². The van der Waals surface area contributed by atoms with Gasteiger partial charge in [-0.15, -0.1) is 0 Å². The summed E-state index contributed by atoms with van der Waals surface area (Å²) in [6.45, 7) is -2.24. The van der Waals surface area contributed by atoms with Crippen molar-refractivity contribution in [1.29, 1.82) is 0 Å². The average molecular weight is 773 g/mol. The van der Waals surface area contributed by atoms with E-state index < -0.39 is 19.0 Å². The van der Waals surface area contributed by atoms with Crippen LogP contribution in [-0.2, 0) is 30.9 Å². The molecule has 0 unspecified atom stereocenters. The third-order valence-electron chi connectivity index (χ3n) is 5.45. The number of rotatable bonds is 5. The molecule has 0 aliphatic heterocycles. The summed E-state index contributed by atoms with van der Waals surface area (Å²) in [6, 6.07) is 39.5. The van der Waals surface area contributed by atoms with Crippen LogP contribution in [0.2, 0.25) is 0 Å². The molecule has 0 saturated carbocycles. The molecule has 0 bridgehead atoms. The quantitative estimate of drug-likeness (QED) is 0.156. The molecule has 9 heteroatoms. The van der Waals surface area contributed by atoms with E-state index >= 15 is 0 Å². The third kappa shape index (κ3) is 6.89. The summed E-state index contributed by atoms with van der Waals surface area (Å²) in [6.07, 6.45) is -5.08. The van der Waals surface area contributed by atoms with E-state index in [1.165, 1.54) is 15.9 Å². The second kappa shape index (κ2) is 12.9. The minimum atomic E-state index is -5.08. The van der Waals surface area contributed by atoms with Gasteiger partial charge in [-0.2, -0.15) is 13.2 Å². The SMILES string of the molecule is O=C(O)C(F)(F)F.O=C([C]([Hg])=P(c1ccccc1)(c1ccccc1)c1ccccc1)c1ccc(Br)cc1. The minimum absolute atomic E-state index is 0.134. The molecule has 4 aromatic carbocycles. The molecule has 3 nitrogen and oxygen atoms in total. The summed E-state index contributed by atoms with van der Waals surface area (Å²) in [5, 5.41) is 10.8. The van der Waals surface area contributed by atoms with Crippen molar-refractivity contribution in [3.63, 3.8) is 0 Å². The van der Waals surface area contributed by atoms with Crippen molar-refractivity contribution in [2.75, 3.05) is 0 Å². The van der Waals surface area contributed by atoms with Crippen molar-refractivity contribution in [2.24, 2.45) is 0 Å². The van der Waals surface area contributed by atoms with E-state index in [0.29, 0.717) is 0 Å². The van der Waals surface area contributed by atoms with Crippen LogP contribution in [0.25, 0.3) is 0 Å². The van der Waals surface area contributed by atoms with E-state index in [0.717, 1.165) is 12.8 Å². The number of ketones is 1. The maximum absolute atomic E-state index is 13.8. The average Bonchev–Trinajstić information content (AvgIpc) is 2.91. The summed E-state index contributed by atoms with van der Waals surface area (Å²) < 4.78 is 33.8. The van der Waals surface area contributed by atoms with Crippen LogP contribution in [0.4, 0.5) is 13.2 Å². The number of benzene rings is 4. The van der Waals surface area contributed by atoms with Crippen molar-refractivity contribution in [2.45, 2.75) is 6.18 Å². The fraction of sp³-hybridized carbons (Fsp3) is 0.0357. The van der Waals surface area contributed by atoms with Crippen molar-refractivity contribution in [3.05, 3.63) is 125 Å². The number of Topliss-reactive ketones (excluding diaryl/α,β-unsaturated/α-hetero) is 1. The Morgan fingerprint density at radius 3 is 1.30 bits per heavy atom. The van der Waals surface area contributed by atoms with Crippen LogP contribution in [0.3, 0.4) is 0 Å². The molecule has 0 radical (unpaired) electrons. The molecular formula is C28H20BrF3HgO3P. The zero-order valence-corrected chi connectivity index (χ0v) is 27.4. The molecule has 1 N–H and O–H groups in total. The number of hydrogen-bond acceptors (Lipinski definition) is 2. The fourth-order valence-electron chi connectivity index (χ4n) is 3.79. The predicted molar refractivity (Wildman–Crippen MR) is 142 cm³/mol. The van der Waals surface area contributed by atoms with Crippen LogP contribution in [-0.4, -0.2) is 25.8 Å². The van der Waals surface area contributed by atoms with Crippen LogP contribution < -0.4 is 15.9 Å². The number of aliphatic carboxylic acids is 1. The molecule has 0 atom stereocenters. The van der Waals surface area contributed by atoms with Crippen LogP contribution in [0.5, 0.6) is 0 Å². The monoisotopic (exact) mass is 773 g/mol. The number of carboxylic acid groups (broad SMARTS) is 1. The van der Waals surface area contributed by atoms with E-state index in [1.807, 2.05) is 42.5 Å². The number of halogens is 4. The Morgan fingerprint density at radius 2 is 1.00 bits per heavy atom. The summed E-state index contributed by atoms with van der Waals surface area (Å²) >= 11 is 3.62. The summed E-state index contributed by atoms with van der Waals surface area (Å²) in [5.41, 5.74) is 0.760. The van der Waals surface area contributed by atoms with Crippen molar-refractivity contribution in [1.82, 2.24) is 0 Å². The first-order chi connectivity index (χ1) is 17.6. The Labute approximate surface area is 237 Å². The van der Waals surface area contributed by atoms with E-state index in [1.54, 1.807) is 0 Å². The van der Waals surface area contributed by atoms with Gasteiger partial charge in [-0.3, -0.25) is 0 Å². The Morgan fingerprint density at radius 1 is 0.676 bits per heavy atom. The fourth-order valence-corrected chi connectivity index (χ4v) is 15.4. The van der Waals surface area contributed by atoms with Gasteiger partial charge < -0.3 is 5.11 Å². The Balaban J connectivity index is 0.000000479. The van der Waals surface area contributed by atoms with Gasteiger partial charge in [0.15, 0.2) is 0 Å². The molecule has 4 aromatic rings. The second-order valence-electron chi connectivity index (χ2n) is 7.76. The van der Waals surface area contributed by atoms with Crippen LogP contribution in [0.1, 0.15) is 10.4 Å². The molecule has 0 aliphatic rings. The summed E-state index contributed by atoms with van der Waals surface area (Å²) in [7, 11) is 0. The van der Waals surface area contributed by atoms with E-state index in [4.69, 9.17) is 9.90 Å². The van der Waals surface area contributed by atoms with Gasteiger partial charge in [0, 0.05) is 0 Å². The molecular weight excluding hydrogens is 753 g/mol. The standard InChI is InChI=1S/C26H19BrOP.C2HF3O2.Hg/c27-22-18-16-21(17-19-22)26(28)20-29(23-10-4-1-5-11-23,24-12-6-2-7-13-24)25-14-8-3-9-15-25;3-2(4,5)1(6)7;/h1-19H;(H,6,7);. The van der Waals surface area contributed by atoms with Gasteiger partial charge in [0.2, 0.25) is 0 Å². The van der Waals surface area contributed by atoms with Crippen molar-refractivity contribution < 1.29 is 54.0 Å². The second-order valence-corrected chi connectivity index (χ2v) is 17.2. The molecule has 37 heavy (non-hydrogen) atoms. The summed E-state index contributed by atoms with van der Waals surface area (Å²) in [4.78, 5) is 22.7. The molecule has 0 spiro atoms.